The standard InChI is InChI=1S/C15H23ClN2O2/c1-10(2)13-9-17-5-6-18(13)12-8-14(19-3)11(16)7-15(12)20-4/h7-8,10,13,17H,5-6,9H2,1-4H3. The number of anilines is 1. The molecule has 1 unspecified atom stereocenters. The van der Waals surface area contributed by atoms with Gasteiger partial charge < -0.3 is 19.7 Å². The van der Waals surface area contributed by atoms with Crippen molar-refractivity contribution in [1.82, 2.24) is 5.32 Å². The average Bonchev–Trinajstić information content (AvgIpc) is 2.46. The minimum absolute atomic E-state index is 0.434. The molecule has 1 aromatic carbocycles. The lowest BCUT2D eigenvalue weighted by Crippen LogP contribution is -2.53. The largest absolute Gasteiger partial charge is 0.495 e. The molecule has 1 N–H and O–H groups in total. The Labute approximate surface area is 126 Å². The summed E-state index contributed by atoms with van der Waals surface area (Å²) in [5, 5.41) is 4.03. The van der Waals surface area contributed by atoms with Crippen molar-refractivity contribution in [2.75, 3.05) is 38.8 Å². The zero-order valence-electron chi connectivity index (χ0n) is 12.6. The highest BCUT2D eigenvalue weighted by Crippen LogP contribution is 2.39. The Balaban J connectivity index is 2.43. The number of ether oxygens (including phenoxy) is 2. The molecule has 1 atom stereocenters. The molecule has 0 aromatic heterocycles. The van der Waals surface area contributed by atoms with Crippen LogP contribution < -0.4 is 19.7 Å². The summed E-state index contributed by atoms with van der Waals surface area (Å²) >= 11 is 6.18. The van der Waals surface area contributed by atoms with Crippen LogP contribution in [0, 0.1) is 5.92 Å². The second-order valence-corrected chi connectivity index (χ2v) is 5.77. The summed E-state index contributed by atoms with van der Waals surface area (Å²) in [4.78, 5) is 2.39. The van der Waals surface area contributed by atoms with E-state index in [1.807, 2.05) is 12.1 Å². The first-order chi connectivity index (χ1) is 9.58. The van der Waals surface area contributed by atoms with E-state index in [0.717, 1.165) is 31.1 Å². The van der Waals surface area contributed by atoms with Gasteiger partial charge in [0.1, 0.15) is 11.5 Å². The fraction of sp³-hybridized carbons (Fsp3) is 0.600. The van der Waals surface area contributed by atoms with E-state index < -0.39 is 0 Å². The Morgan fingerprint density at radius 1 is 1.25 bits per heavy atom. The van der Waals surface area contributed by atoms with Gasteiger partial charge in [0.15, 0.2) is 0 Å². The molecule has 1 aromatic rings. The van der Waals surface area contributed by atoms with Crippen molar-refractivity contribution in [2.45, 2.75) is 19.9 Å². The van der Waals surface area contributed by atoms with Crippen LogP contribution in [-0.4, -0.2) is 39.9 Å². The van der Waals surface area contributed by atoms with E-state index >= 15 is 0 Å². The first kappa shape index (κ1) is 15.3. The highest BCUT2D eigenvalue weighted by Gasteiger charge is 2.28. The quantitative estimate of drug-likeness (QED) is 0.927. The molecule has 0 amide bonds. The Hall–Kier alpha value is -1.13. The average molecular weight is 299 g/mol. The highest BCUT2D eigenvalue weighted by atomic mass is 35.5. The van der Waals surface area contributed by atoms with Crippen molar-refractivity contribution in [3.63, 3.8) is 0 Å². The molecule has 1 saturated heterocycles. The summed E-state index contributed by atoms with van der Waals surface area (Å²) in [5.74, 6) is 2.03. The fourth-order valence-corrected chi connectivity index (χ4v) is 2.92. The van der Waals surface area contributed by atoms with Crippen LogP contribution in [0.3, 0.4) is 0 Å². The maximum atomic E-state index is 6.18. The topological polar surface area (TPSA) is 33.7 Å². The van der Waals surface area contributed by atoms with Crippen molar-refractivity contribution in [1.29, 1.82) is 0 Å². The van der Waals surface area contributed by atoms with Crippen LogP contribution in [0.5, 0.6) is 11.5 Å². The summed E-state index contributed by atoms with van der Waals surface area (Å²) in [6.45, 7) is 7.38. The summed E-state index contributed by atoms with van der Waals surface area (Å²) in [7, 11) is 3.31. The van der Waals surface area contributed by atoms with Gasteiger partial charge in [-0.2, -0.15) is 0 Å². The van der Waals surface area contributed by atoms with Crippen molar-refractivity contribution < 1.29 is 9.47 Å². The number of rotatable bonds is 4. The lowest BCUT2D eigenvalue weighted by Gasteiger charge is -2.41. The van der Waals surface area contributed by atoms with Gasteiger partial charge in [-0.15, -0.1) is 0 Å². The molecule has 0 aliphatic carbocycles. The normalized spacial score (nSPS) is 19.3. The SMILES string of the molecule is COc1cc(N2CCNCC2C(C)C)c(OC)cc1Cl. The Kier molecular flexibility index (Phi) is 5.00. The van der Waals surface area contributed by atoms with Gasteiger partial charge in [0, 0.05) is 37.8 Å². The number of hydrogen-bond acceptors (Lipinski definition) is 4. The van der Waals surface area contributed by atoms with Gasteiger partial charge in [-0.3, -0.25) is 0 Å². The molecule has 5 heteroatoms. The van der Waals surface area contributed by atoms with Crippen LogP contribution in [0.4, 0.5) is 5.69 Å². The zero-order chi connectivity index (χ0) is 14.7. The molecule has 0 saturated carbocycles. The smallest absolute Gasteiger partial charge is 0.143 e. The van der Waals surface area contributed by atoms with Gasteiger partial charge in [-0.1, -0.05) is 25.4 Å². The Morgan fingerprint density at radius 2 is 1.95 bits per heavy atom. The van der Waals surface area contributed by atoms with E-state index in [4.69, 9.17) is 21.1 Å². The Bertz CT molecular complexity index is 465. The minimum atomic E-state index is 0.434. The lowest BCUT2D eigenvalue weighted by atomic mass is 9.99. The summed E-state index contributed by atoms with van der Waals surface area (Å²) in [6.07, 6.45) is 0. The van der Waals surface area contributed by atoms with Crippen molar-refractivity contribution in [3.05, 3.63) is 17.2 Å². The molecule has 112 valence electrons. The molecule has 1 heterocycles. The highest BCUT2D eigenvalue weighted by molar-refractivity contribution is 6.32. The number of piperazine rings is 1. The van der Waals surface area contributed by atoms with Gasteiger partial charge in [0.25, 0.3) is 0 Å². The molecular weight excluding hydrogens is 276 g/mol. The van der Waals surface area contributed by atoms with Crippen LogP contribution in [-0.2, 0) is 0 Å². The molecule has 1 aliphatic rings. The zero-order valence-corrected chi connectivity index (χ0v) is 13.3. The summed E-state index contributed by atoms with van der Waals surface area (Å²) in [5.41, 5.74) is 1.05. The van der Waals surface area contributed by atoms with E-state index in [9.17, 15) is 0 Å². The predicted octanol–water partition coefficient (Wildman–Crippen LogP) is 2.79. The molecule has 1 aliphatic heterocycles. The summed E-state index contributed by atoms with van der Waals surface area (Å²) < 4.78 is 10.8. The third-order valence-electron chi connectivity index (χ3n) is 3.82. The monoisotopic (exact) mass is 298 g/mol. The van der Waals surface area contributed by atoms with Crippen LogP contribution in [0.15, 0.2) is 12.1 Å². The number of hydrogen-bond donors (Lipinski definition) is 1. The Morgan fingerprint density at radius 3 is 2.55 bits per heavy atom. The van der Waals surface area contributed by atoms with Crippen LogP contribution >= 0.6 is 11.6 Å². The molecule has 0 bridgehead atoms. The maximum absolute atomic E-state index is 6.18. The first-order valence-corrected chi connectivity index (χ1v) is 7.35. The van der Waals surface area contributed by atoms with Gasteiger partial charge in [0.05, 0.1) is 24.9 Å². The van der Waals surface area contributed by atoms with Crippen LogP contribution in [0.25, 0.3) is 0 Å². The van der Waals surface area contributed by atoms with E-state index in [-0.39, 0.29) is 0 Å². The predicted molar refractivity (Wildman–Crippen MR) is 83.4 cm³/mol. The molecular formula is C15H23ClN2O2. The third-order valence-corrected chi connectivity index (χ3v) is 4.11. The van der Waals surface area contributed by atoms with Crippen molar-refractivity contribution >= 4 is 17.3 Å². The van der Waals surface area contributed by atoms with Crippen LogP contribution in [0.1, 0.15) is 13.8 Å². The second kappa shape index (κ2) is 6.55. The fourth-order valence-electron chi connectivity index (χ4n) is 2.69. The van der Waals surface area contributed by atoms with E-state index in [1.54, 1.807) is 14.2 Å². The molecule has 20 heavy (non-hydrogen) atoms. The van der Waals surface area contributed by atoms with Gasteiger partial charge >= 0.3 is 0 Å². The molecule has 0 radical (unpaired) electrons. The first-order valence-electron chi connectivity index (χ1n) is 6.97. The lowest BCUT2D eigenvalue weighted by molar-refractivity contribution is 0.374. The number of halogens is 1. The van der Waals surface area contributed by atoms with Crippen molar-refractivity contribution in [3.8, 4) is 11.5 Å². The number of nitrogens with zero attached hydrogens (tertiary/aromatic N) is 1. The maximum Gasteiger partial charge on any atom is 0.143 e. The van der Waals surface area contributed by atoms with Crippen LogP contribution in [0.2, 0.25) is 5.02 Å². The van der Waals surface area contributed by atoms with E-state index in [1.165, 1.54) is 0 Å². The molecule has 4 nitrogen and oxygen atoms in total. The number of benzene rings is 1. The second-order valence-electron chi connectivity index (χ2n) is 5.37. The molecule has 0 spiro atoms. The van der Waals surface area contributed by atoms with Gasteiger partial charge in [-0.25, -0.2) is 0 Å². The van der Waals surface area contributed by atoms with Gasteiger partial charge in [0.2, 0.25) is 0 Å². The summed E-state index contributed by atoms with van der Waals surface area (Å²) in [6, 6.07) is 4.24. The minimum Gasteiger partial charge on any atom is -0.495 e. The molecule has 2 rings (SSSR count). The number of methoxy groups -OCH3 is 2. The van der Waals surface area contributed by atoms with E-state index in [2.05, 4.69) is 24.1 Å². The molecule has 1 fully saturated rings. The number of nitrogens with one attached hydrogen (secondary N) is 1. The third kappa shape index (κ3) is 2.96. The van der Waals surface area contributed by atoms with E-state index in [0.29, 0.717) is 22.7 Å². The van der Waals surface area contributed by atoms with Gasteiger partial charge in [-0.05, 0) is 5.92 Å². The van der Waals surface area contributed by atoms with Crippen molar-refractivity contribution in [2.24, 2.45) is 5.92 Å².